The second-order valence-corrected chi connectivity index (χ2v) is 10.8. The Labute approximate surface area is 149 Å². The topological polar surface area (TPSA) is 102 Å². The lowest BCUT2D eigenvalue weighted by atomic mass is 9.97. The van der Waals surface area contributed by atoms with Gasteiger partial charge >= 0.3 is 0 Å². The van der Waals surface area contributed by atoms with Crippen molar-refractivity contribution in [2.24, 2.45) is 0 Å². The Hall–Kier alpha value is -1.44. The zero-order valence-electron chi connectivity index (χ0n) is 15.8. The number of hydrogen-bond acceptors (Lipinski definition) is 6. The molecule has 142 valence electrons. The van der Waals surface area contributed by atoms with E-state index in [-0.39, 0.29) is 28.7 Å². The van der Waals surface area contributed by atoms with Crippen molar-refractivity contribution in [2.75, 3.05) is 5.75 Å². The van der Waals surface area contributed by atoms with Crippen LogP contribution in [0.2, 0.25) is 0 Å². The van der Waals surface area contributed by atoms with Crippen molar-refractivity contribution < 1.29 is 17.7 Å². The SMILES string of the molecule is CC(C)(C)c1nc(C(C)(C)NC(=O)CCS(=O)(=O)C2CCCC2)no1. The van der Waals surface area contributed by atoms with Crippen molar-refractivity contribution in [3.8, 4) is 0 Å². The van der Waals surface area contributed by atoms with Gasteiger partial charge in [-0.15, -0.1) is 0 Å². The van der Waals surface area contributed by atoms with E-state index in [1.165, 1.54) is 0 Å². The summed E-state index contributed by atoms with van der Waals surface area (Å²) in [6, 6.07) is 0. The molecule has 1 heterocycles. The molecule has 1 aromatic heterocycles. The van der Waals surface area contributed by atoms with E-state index in [1.807, 2.05) is 20.8 Å². The first kappa shape index (κ1) is 19.9. The highest BCUT2D eigenvalue weighted by molar-refractivity contribution is 7.92. The number of carbonyl (C=O) groups is 1. The van der Waals surface area contributed by atoms with Crippen LogP contribution < -0.4 is 5.32 Å². The van der Waals surface area contributed by atoms with Crippen molar-refractivity contribution in [1.82, 2.24) is 15.5 Å². The van der Waals surface area contributed by atoms with Crippen LogP contribution >= 0.6 is 0 Å². The van der Waals surface area contributed by atoms with Crippen molar-refractivity contribution in [2.45, 2.75) is 82.9 Å². The average molecular weight is 372 g/mol. The van der Waals surface area contributed by atoms with Crippen molar-refractivity contribution in [3.63, 3.8) is 0 Å². The van der Waals surface area contributed by atoms with Crippen LogP contribution in [0.25, 0.3) is 0 Å². The summed E-state index contributed by atoms with van der Waals surface area (Å²) in [6.45, 7) is 9.43. The number of amides is 1. The van der Waals surface area contributed by atoms with E-state index in [2.05, 4.69) is 15.5 Å². The second-order valence-electron chi connectivity index (χ2n) is 8.37. The molecule has 1 amide bonds. The van der Waals surface area contributed by atoms with Gasteiger partial charge in [-0.2, -0.15) is 4.98 Å². The Morgan fingerprint density at radius 2 is 1.80 bits per heavy atom. The van der Waals surface area contributed by atoms with Crippen LogP contribution in [0.4, 0.5) is 0 Å². The summed E-state index contributed by atoms with van der Waals surface area (Å²) in [7, 11) is -3.20. The highest BCUT2D eigenvalue weighted by atomic mass is 32.2. The van der Waals surface area contributed by atoms with E-state index in [9.17, 15) is 13.2 Å². The van der Waals surface area contributed by atoms with Crippen LogP contribution in [0.5, 0.6) is 0 Å². The maximum Gasteiger partial charge on any atom is 0.232 e. The Bertz CT molecular complexity index is 710. The molecule has 0 saturated heterocycles. The summed E-state index contributed by atoms with van der Waals surface area (Å²) in [5.41, 5.74) is -1.11. The third kappa shape index (κ3) is 5.03. The first-order chi connectivity index (χ1) is 11.4. The van der Waals surface area contributed by atoms with E-state index in [0.29, 0.717) is 24.6 Å². The predicted octanol–water partition coefficient (Wildman–Crippen LogP) is 2.47. The number of nitrogens with zero attached hydrogens (tertiary/aromatic N) is 2. The van der Waals surface area contributed by atoms with Gasteiger partial charge in [-0.05, 0) is 26.7 Å². The van der Waals surface area contributed by atoms with E-state index in [1.54, 1.807) is 13.8 Å². The average Bonchev–Trinajstić information content (AvgIpc) is 3.15. The number of carbonyl (C=O) groups excluding carboxylic acids is 1. The summed E-state index contributed by atoms with van der Waals surface area (Å²) in [6.07, 6.45) is 3.29. The fourth-order valence-corrected chi connectivity index (χ4v) is 4.75. The standard InChI is InChI=1S/C17H29N3O4S/c1-16(2,3)15-18-14(20-24-15)17(4,5)19-13(21)10-11-25(22,23)12-8-6-7-9-12/h12H,6-11H2,1-5H3,(H,19,21). The molecule has 2 rings (SSSR count). The fourth-order valence-electron chi connectivity index (χ4n) is 2.90. The second kappa shape index (κ2) is 7.05. The smallest absolute Gasteiger partial charge is 0.232 e. The zero-order chi connectivity index (χ0) is 18.9. The molecule has 0 aromatic carbocycles. The van der Waals surface area contributed by atoms with Crippen molar-refractivity contribution in [3.05, 3.63) is 11.7 Å². The largest absolute Gasteiger partial charge is 0.344 e. The number of aromatic nitrogens is 2. The highest BCUT2D eigenvalue weighted by Gasteiger charge is 2.33. The normalized spacial score (nSPS) is 17.0. The van der Waals surface area contributed by atoms with Gasteiger partial charge in [0.15, 0.2) is 15.7 Å². The quantitative estimate of drug-likeness (QED) is 0.824. The molecular formula is C17H29N3O4S. The van der Waals surface area contributed by atoms with Gasteiger partial charge < -0.3 is 9.84 Å². The van der Waals surface area contributed by atoms with Gasteiger partial charge in [0.05, 0.1) is 16.5 Å². The zero-order valence-corrected chi connectivity index (χ0v) is 16.6. The molecule has 25 heavy (non-hydrogen) atoms. The molecule has 0 atom stereocenters. The molecule has 0 spiro atoms. The molecule has 1 saturated carbocycles. The van der Waals surface area contributed by atoms with Crippen LogP contribution in [-0.4, -0.2) is 35.5 Å². The summed E-state index contributed by atoms with van der Waals surface area (Å²) < 4.78 is 29.8. The molecule has 1 aliphatic carbocycles. The molecule has 1 N–H and O–H groups in total. The molecule has 0 radical (unpaired) electrons. The minimum absolute atomic E-state index is 0.0494. The summed E-state index contributed by atoms with van der Waals surface area (Å²) in [4.78, 5) is 16.6. The van der Waals surface area contributed by atoms with Crippen molar-refractivity contribution in [1.29, 1.82) is 0 Å². The summed E-state index contributed by atoms with van der Waals surface area (Å²) in [5.74, 6) is 0.436. The van der Waals surface area contributed by atoms with Gasteiger partial charge in [0, 0.05) is 11.8 Å². The Morgan fingerprint density at radius 1 is 1.20 bits per heavy atom. The molecule has 1 aromatic rings. The lowest BCUT2D eigenvalue weighted by molar-refractivity contribution is -0.122. The molecule has 0 bridgehead atoms. The number of hydrogen-bond donors (Lipinski definition) is 1. The minimum atomic E-state index is -3.20. The van der Waals surface area contributed by atoms with Gasteiger partial charge in [-0.1, -0.05) is 38.8 Å². The van der Waals surface area contributed by atoms with Gasteiger partial charge in [0.25, 0.3) is 0 Å². The van der Waals surface area contributed by atoms with Crippen LogP contribution in [0, 0.1) is 0 Å². The molecular weight excluding hydrogens is 342 g/mol. The number of sulfone groups is 1. The predicted molar refractivity (Wildman–Crippen MR) is 94.8 cm³/mol. The number of nitrogens with one attached hydrogen (secondary N) is 1. The third-order valence-corrected chi connectivity index (χ3v) is 6.76. The molecule has 1 fully saturated rings. The van der Waals surface area contributed by atoms with Gasteiger partial charge in [-0.25, -0.2) is 8.42 Å². The molecule has 7 nitrogen and oxygen atoms in total. The molecule has 8 heteroatoms. The molecule has 0 unspecified atom stereocenters. The van der Waals surface area contributed by atoms with Crippen LogP contribution in [0.3, 0.4) is 0 Å². The molecule has 0 aliphatic heterocycles. The Kier molecular flexibility index (Phi) is 5.61. The minimum Gasteiger partial charge on any atom is -0.344 e. The Morgan fingerprint density at radius 3 is 2.32 bits per heavy atom. The fraction of sp³-hybridized carbons (Fsp3) is 0.824. The highest BCUT2D eigenvalue weighted by Crippen LogP contribution is 2.26. The molecule has 1 aliphatic rings. The Balaban J connectivity index is 1.95. The van der Waals surface area contributed by atoms with Crippen molar-refractivity contribution >= 4 is 15.7 Å². The van der Waals surface area contributed by atoms with Gasteiger partial charge in [-0.3, -0.25) is 4.79 Å². The lowest BCUT2D eigenvalue weighted by Crippen LogP contribution is -2.42. The van der Waals surface area contributed by atoms with E-state index >= 15 is 0 Å². The first-order valence-electron chi connectivity index (χ1n) is 8.79. The number of rotatable bonds is 6. The van der Waals surface area contributed by atoms with Gasteiger partial charge in [0.2, 0.25) is 11.8 Å². The summed E-state index contributed by atoms with van der Waals surface area (Å²) in [5, 5.41) is 6.49. The van der Waals surface area contributed by atoms with E-state index in [0.717, 1.165) is 12.8 Å². The maximum atomic E-state index is 12.3. The maximum absolute atomic E-state index is 12.3. The lowest BCUT2D eigenvalue weighted by Gasteiger charge is -2.22. The van der Waals surface area contributed by atoms with Crippen LogP contribution in [0.15, 0.2) is 4.52 Å². The van der Waals surface area contributed by atoms with E-state index < -0.39 is 15.4 Å². The van der Waals surface area contributed by atoms with Crippen LogP contribution in [0.1, 0.15) is 78.4 Å². The van der Waals surface area contributed by atoms with Crippen LogP contribution in [-0.2, 0) is 25.6 Å². The third-order valence-electron chi connectivity index (χ3n) is 4.50. The van der Waals surface area contributed by atoms with Gasteiger partial charge in [0.1, 0.15) is 0 Å². The summed E-state index contributed by atoms with van der Waals surface area (Å²) >= 11 is 0. The van der Waals surface area contributed by atoms with E-state index in [4.69, 9.17) is 4.52 Å². The monoisotopic (exact) mass is 371 g/mol. The first-order valence-corrected chi connectivity index (χ1v) is 10.5.